The third-order valence-electron chi connectivity index (χ3n) is 3.57. The largest absolute Gasteiger partial charge is 0.477 e. The van der Waals surface area contributed by atoms with Crippen molar-refractivity contribution in [1.82, 2.24) is 15.6 Å². The summed E-state index contributed by atoms with van der Waals surface area (Å²) in [6, 6.07) is 8.20. The highest BCUT2D eigenvalue weighted by molar-refractivity contribution is 14.0. The van der Waals surface area contributed by atoms with Crippen molar-refractivity contribution < 1.29 is 4.74 Å². The molecule has 0 radical (unpaired) electrons. The van der Waals surface area contributed by atoms with Crippen LogP contribution in [0.5, 0.6) is 5.88 Å². The molecule has 2 aromatic heterocycles. The summed E-state index contributed by atoms with van der Waals surface area (Å²) in [5.41, 5.74) is 1.03. The van der Waals surface area contributed by atoms with Crippen molar-refractivity contribution in [3.8, 4) is 5.88 Å². The topological polar surface area (TPSA) is 58.5 Å². The third kappa shape index (κ3) is 7.19. The second-order valence-electron chi connectivity index (χ2n) is 5.54. The number of nitrogens with one attached hydrogen (secondary N) is 2. The van der Waals surface area contributed by atoms with Gasteiger partial charge < -0.3 is 15.4 Å². The van der Waals surface area contributed by atoms with Crippen molar-refractivity contribution in [1.29, 1.82) is 0 Å². The monoisotopic (exact) mass is 474 g/mol. The molecule has 138 valence electrons. The number of hydrogen-bond donors (Lipinski definition) is 2. The van der Waals surface area contributed by atoms with Gasteiger partial charge in [0.2, 0.25) is 5.88 Å². The fourth-order valence-electron chi connectivity index (χ4n) is 2.21. The predicted octanol–water partition coefficient (Wildman–Crippen LogP) is 4.02. The molecule has 25 heavy (non-hydrogen) atoms. The Hall–Kier alpha value is -1.35. The van der Waals surface area contributed by atoms with Gasteiger partial charge in [0.05, 0.1) is 6.61 Å². The number of rotatable bonds is 8. The van der Waals surface area contributed by atoms with E-state index in [0.717, 1.165) is 24.5 Å². The van der Waals surface area contributed by atoms with E-state index in [-0.39, 0.29) is 24.0 Å². The zero-order valence-electron chi connectivity index (χ0n) is 15.0. The third-order valence-corrected chi connectivity index (χ3v) is 4.67. The quantitative estimate of drug-likeness (QED) is 0.345. The van der Waals surface area contributed by atoms with Crippen LogP contribution in [0.1, 0.15) is 36.6 Å². The summed E-state index contributed by atoms with van der Waals surface area (Å²) in [5, 5.41) is 8.81. The highest BCUT2D eigenvalue weighted by Gasteiger charge is 2.09. The van der Waals surface area contributed by atoms with Gasteiger partial charge in [-0.05, 0) is 23.9 Å². The molecular formula is C18H27IN4OS. The molecule has 0 bridgehead atoms. The minimum Gasteiger partial charge on any atom is -0.477 e. The van der Waals surface area contributed by atoms with Gasteiger partial charge in [-0.2, -0.15) is 0 Å². The molecule has 2 rings (SSSR count). The minimum absolute atomic E-state index is 0. The Labute approximate surface area is 171 Å². The Balaban J connectivity index is 0.00000312. The van der Waals surface area contributed by atoms with Crippen LogP contribution in [0.25, 0.3) is 0 Å². The number of thiophene rings is 1. The highest BCUT2D eigenvalue weighted by atomic mass is 127. The Morgan fingerprint density at radius 3 is 2.84 bits per heavy atom. The van der Waals surface area contributed by atoms with Crippen molar-refractivity contribution in [2.45, 2.75) is 32.7 Å². The molecule has 0 saturated carbocycles. The molecule has 0 fully saturated rings. The average Bonchev–Trinajstić information content (AvgIpc) is 3.15. The Kier molecular flexibility index (Phi) is 10.5. The van der Waals surface area contributed by atoms with E-state index in [1.54, 1.807) is 24.6 Å². The molecule has 2 N–H and O–H groups in total. The van der Waals surface area contributed by atoms with Crippen molar-refractivity contribution >= 4 is 41.3 Å². The number of aromatic nitrogens is 1. The number of ether oxygens (including phenoxy) is 1. The maximum Gasteiger partial charge on any atom is 0.218 e. The summed E-state index contributed by atoms with van der Waals surface area (Å²) in [4.78, 5) is 9.97. The van der Waals surface area contributed by atoms with Crippen molar-refractivity contribution in [3.63, 3.8) is 0 Å². The molecule has 0 saturated heterocycles. The van der Waals surface area contributed by atoms with E-state index in [0.29, 0.717) is 24.9 Å². The zero-order chi connectivity index (χ0) is 17.2. The summed E-state index contributed by atoms with van der Waals surface area (Å²) in [5.74, 6) is 1.92. The van der Waals surface area contributed by atoms with Gasteiger partial charge in [0.15, 0.2) is 5.96 Å². The molecule has 0 aromatic carbocycles. The Bertz CT molecular complexity index is 634. The summed E-state index contributed by atoms with van der Waals surface area (Å²) < 4.78 is 5.69. The zero-order valence-corrected chi connectivity index (χ0v) is 18.1. The standard InChI is InChI=1S/C18H26N4OS.HI/c1-4-10-23-17-15(7-5-9-20-17)13-22-18(19-3)21-12-14(2)16-8-6-11-24-16;/h5-9,11,14H,4,10,12-13H2,1-3H3,(H2,19,21,22);1H. The van der Waals surface area contributed by atoms with Crippen LogP contribution in [-0.4, -0.2) is 31.1 Å². The van der Waals surface area contributed by atoms with E-state index < -0.39 is 0 Å². The highest BCUT2D eigenvalue weighted by Crippen LogP contribution is 2.19. The average molecular weight is 474 g/mol. The molecule has 1 atom stereocenters. The van der Waals surface area contributed by atoms with E-state index in [1.807, 2.05) is 12.1 Å². The fourth-order valence-corrected chi connectivity index (χ4v) is 3.00. The van der Waals surface area contributed by atoms with Crippen LogP contribution in [0.2, 0.25) is 0 Å². The van der Waals surface area contributed by atoms with Gasteiger partial charge in [-0.15, -0.1) is 35.3 Å². The van der Waals surface area contributed by atoms with Crippen LogP contribution >= 0.6 is 35.3 Å². The van der Waals surface area contributed by atoms with Gasteiger partial charge in [-0.3, -0.25) is 4.99 Å². The van der Waals surface area contributed by atoms with Crippen LogP contribution in [-0.2, 0) is 6.54 Å². The van der Waals surface area contributed by atoms with E-state index in [2.05, 4.69) is 52.0 Å². The number of pyridine rings is 1. The molecule has 0 spiro atoms. The smallest absolute Gasteiger partial charge is 0.218 e. The van der Waals surface area contributed by atoms with Crippen molar-refractivity contribution in [2.75, 3.05) is 20.2 Å². The number of hydrogen-bond acceptors (Lipinski definition) is 4. The normalized spacial score (nSPS) is 12.2. The maximum atomic E-state index is 5.69. The molecule has 2 heterocycles. The summed E-state index contributed by atoms with van der Waals surface area (Å²) >= 11 is 1.78. The van der Waals surface area contributed by atoms with E-state index in [1.165, 1.54) is 4.88 Å². The van der Waals surface area contributed by atoms with Crippen LogP contribution in [0.4, 0.5) is 0 Å². The Morgan fingerprint density at radius 1 is 1.32 bits per heavy atom. The van der Waals surface area contributed by atoms with Gasteiger partial charge in [0, 0.05) is 42.7 Å². The van der Waals surface area contributed by atoms with E-state index in [9.17, 15) is 0 Å². The molecule has 0 aliphatic carbocycles. The minimum atomic E-state index is 0. The van der Waals surface area contributed by atoms with E-state index >= 15 is 0 Å². The SMILES string of the molecule is CCCOc1ncccc1CNC(=NC)NCC(C)c1cccs1.I. The van der Waals surface area contributed by atoms with Gasteiger partial charge in [0.1, 0.15) is 0 Å². The molecule has 7 heteroatoms. The first kappa shape index (κ1) is 21.7. The van der Waals surface area contributed by atoms with Crippen LogP contribution in [0.3, 0.4) is 0 Å². The molecule has 0 aliphatic heterocycles. The lowest BCUT2D eigenvalue weighted by Gasteiger charge is -2.16. The van der Waals surface area contributed by atoms with Crippen LogP contribution in [0, 0.1) is 0 Å². The predicted molar refractivity (Wildman–Crippen MR) is 116 cm³/mol. The summed E-state index contributed by atoms with van der Waals surface area (Å²) in [6.45, 7) is 6.44. The first-order valence-electron chi connectivity index (χ1n) is 8.29. The summed E-state index contributed by atoms with van der Waals surface area (Å²) in [6.07, 6.45) is 2.72. The first-order valence-corrected chi connectivity index (χ1v) is 9.17. The second-order valence-corrected chi connectivity index (χ2v) is 6.52. The van der Waals surface area contributed by atoms with Crippen molar-refractivity contribution in [2.24, 2.45) is 4.99 Å². The van der Waals surface area contributed by atoms with Gasteiger partial charge in [-0.1, -0.05) is 26.0 Å². The van der Waals surface area contributed by atoms with Crippen molar-refractivity contribution in [3.05, 3.63) is 46.3 Å². The lowest BCUT2D eigenvalue weighted by molar-refractivity contribution is 0.301. The Morgan fingerprint density at radius 2 is 2.16 bits per heavy atom. The number of nitrogens with zero attached hydrogens (tertiary/aromatic N) is 2. The second kappa shape index (κ2) is 12.1. The number of aliphatic imine (C=N–C) groups is 1. The van der Waals surface area contributed by atoms with Gasteiger partial charge >= 0.3 is 0 Å². The molecule has 0 amide bonds. The first-order chi connectivity index (χ1) is 11.7. The van der Waals surface area contributed by atoms with Gasteiger partial charge in [0.25, 0.3) is 0 Å². The molecule has 5 nitrogen and oxygen atoms in total. The summed E-state index contributed by atoms with van der Waals surface area (Å²) in [7, 11) is 1.78. The lowest BCUT2D eigenvalue weighted by atomic mass is 10.1. The van der Waals surface area contributed by atoms with E-state index in [4.69, 9.17) is 4.74 Å². The lowest BCUT2D eigenvalue weighted by Crippen LogP contribution is -2.38. The van der Waals surface area contributed by atoms with Gasteiger partial charge in [-0.25, -0.2) is 4.98 Å². The molecular weight excluding hydrogens is 447 g/mol. The maximum absolute atomic E-state index is 5.69. The number of guanidine groups is 1. The molecule has 1 unspecified atom stereocenters. The molecule has 2 aromatic rings. The van der Waals surface area contributed by atoms with Crippen LogP contribution < -0.4 is 15.4 Å². The fraction of sp³-hybridized carbons (Fsp3) is 0.444. The van der Waals surface area contributed by atoms with Crippen LogP contribution in [0.15, 0.2) is 40.8 Å². The molecule has 0 aliphatic rings. The number of halogens is 1.